The molecule has 2 aromatic rings. The molecule has 1 heterocycles. The average Bonchev–Trinajstić information content (AvgIpc) is 3.12. The number of carbonyl (C=O) groups is 2. The first-order valence-electron chi connectivity index (χ1n) is 10.5. The molecule has 1 fully saturated rings. The fraction of sp³-hybridized carbons (Fsp3) is 0.417. The number of rotatable bonds is 8. The van der Waals surface area contributed by atoms with Crippen LogP contribution in [0.15, 0.2) is 42.5 Å². The van der Waals surface area contributed by atoms with E-state index in [4.69, 9.17) is 0 Å². The fourth-order valence-corrected chi connectivity index (χ4v) is 4.88. The Bertz CT molecular complexity index is 918. The van der Waals surface area contributed by atoms with E-state index in [1.165, 1.54) is 22.7 Å². The summed E-state index contributed by atoms with van der Waals surface area (Å²) in [6.07, 6.45) is 3.78. The highest BCUT2D eigenvalue weighted by Crippen LogP contribution is 2.43. The lowest BCUT2D eigenvalue weighted by atomic mass is 9.98. The van der Waals surface area contributed by atoms with Crippen LogP contribution < -0.4 is 10.2 Å². The maximum absolute atomic E-state index is 14.5. The van der Waals surface area contributed by atoms with Gasteiger partial charge in [0.1, 0.15) is 11.2 Å². The number of unbranched alkanes of at least 4 members (excludes halogenated alkanes) is 1. The predicted molar refractivity (Wildman–Crippen MR) is 122 cm³/mol. The second-order valence-corrected chi connectivity index (χ2v) is 8.81. The van der Waals surface area contributed by atoms with Crippen LogP contribution in [0.25, 0.3) is 0 Å². The summed E-state index contributed by atoms with van der Waals surface area (Å²) in [6.45, 7) is 6.04. The van der Waals surface area contributed by atoms with Crippen LogP contribution in [-0.2, 0) is 9.59 Å². The van der Waals surface area contributed by atoms with Gasteiger partial charge in [-0.25, -0.2) is 4.39 Å². The molecule has 0 bridgehead atoms. The molecule has 2 unspecified atom stereocenters. The predicted octanol–water partition coefficient (Wildman–Crippen LogP) is 6.07. The molecule has 0 aliphatic carbocycles. The van der Waals surface area contributed by atoms with Crippen molar-refractivity contribution >= 4 is 35.0 Å². The SMILES string of the molecule is CCCCC(CC)C(=O)Nc1cccc(C2SCC(=O)N2c2cc(C)ccc2F)c1. The summed E-state index contributed by atoms with van der Waals surface area (Å²) in [5.74, 6) is -0.209. The Morgan fingerprint density at radius 2 is 2.07 bits per heavy atom. The minimum Gasteiger partial charge on any atom is -0.326 e. The first-order valence-corrected chi connectivity index (χ1v) is 11.6. The molecular weight excluding hydrogens is 399 g/mol. The van der Waals surface area contributed by atoms with E-state index in [1.54, 1.807) is 12.1 Å². The number of hydrogen-bond acceptors (Lipinski definition) is 3. The van der Waals surface area contributed by atoms with Crippen molar-refractivity contribution in [2.24, 2.45) is 5.92 Å². The molecule has 0 radical (unpaired) electrons. The third-order valence-corrected chi connectivity index (χ3v) is 6.65. The molecule has 2 aromatic carbocycles. The van der Waals surface area contributed by atoms with Gasteiger partial charge in [-0.05, 0) is 55.2 Å². The third kappa shape index (κ3) is 5.04. The van der Waals surface area contributed by atoms with Gasteiger partial charge >= 0.3 is 0 Å². The number of aryl methyl sites for hydroxylation is 1. The summed E-state index contributed by atoms with van der Waals surface area (Å²) in [5.41, 5.74) is 2.77. The number of amides is 2. The third-order valence-electron chi connectivity index (χ3n) is 5.44. The summed E-state index contributed by atoms with van der Waals surface area (Å²) in [6, 6.07) is 12.3. The lowest BCUT2D eigenvalue weighted by Crippen LogP contribution is -2.29. The van der Waals surface area contributed by atoms with Gasteiger partial charge in [0, 0.05) is 11.6 Å². The number of halogens is 1. The molecule has 2 amide bonds. The highest BCUT2D eigenvalue weighted by atomic mass is 32.2. The van der Waals surface area contributed by atoms with Gasteiger partial charge in [-0.3, -0.25) is 14.5 Å². The van der Waals surface area contributed by atoms with Gasteiger partial charge < -0.3 is 5.32 Å². The topological polar surface area (TPSA) is 49.4 Å². The molecule has 160 valence electrons. The molecule has 0 saturated carbocycles. The van der Waals surface area contributed by atoms with Crippen LogP contribution in [-0.4, -0.2) is 17.6 Å². The zero-order valence-electron chi connectivity index (χ0n) is 17.8. The van der Waals surface area contributed by atoms with Gasteiger partial charge in [-0.2, -0.15) is 0 Å². The van der Waals surface area contributed by atoms with Gasteiger partial charge in [0.25, 0.3) is 0 Å². The van der Waals surface area contributed by atoms with E-state index in [1.807, 2.05) is 38.1 Å². The molecule has 30 heavy (non-hydrogen) atoms. The molecule has 1 aliphatic heterocycles. The molecule has 4 nitrogen and oxygen atoms in total. The summed E-state index contributed by atoms with van der Waals surface area (Å²) in [7, 11) is 0. The smallest absolute Gasteiger partial charge is 0.238 e. The quantitative estimate of drug-likeness (QED) is 0.555. The van der Waals surface area contributed by atoms with Crippen molar-refractivity contribution in [3.8, 4) is 0 Å². The van der Waals surface area contributed by atoms with Gasteiger partial charge in [0.2, 0.25) is 11.8 Å². The van der Waals surface area contributed by atoms with Crippen LogP contribution in [0.1, 0.15) is 56.0 Å². The van der Waals surface area contributed by atoms with Crippen LogP contribution in [0.4, 0.5) is 15.8 Å². The summed E-state index contributed by atoms with van der Waals surface area (Å²) in [4.78, 5) is 26.8. The summed E-state index contributed by atoms with van der Waals surface area (Å²) >= 11 is 1.47. The van der Waals surface area contributed by atoms with Crippen LogP contribution in [0.5, 0.6) is 0 Å². The number of hydrogen-bond donors (Lipinski definition) is 1. The second kappa shape index (κ2) is 10.1. The van der Waals surface area contributed by atoms with Crippen molar-refractivity contribution in [2.45, 2.75) is 51.8 Å². The lowest BCUT2D eigenvalue weighted by Gasteiger charge is -2.25. The Morgan fingerprint density at radius 3 is 2.80 bits per heavy atom. The minimum absolute atomic E-state index is 0.00562. The van der Waals surface area contributed by atoms with Gasteiger partial charge in [-0.15, -0.1) is 11.8 Å². The Labute approximate surface area is 182 Å². The number of nitrogens with one attached hydrogen (secondary N) is 1. The molecule has 1 saturated heterocycles. The molecular formula is C24H29FN2O2S. The number of thioether (sulfide) groups is 1. The number of carbonyl (C=O) groups excluding carboxylic acids is 2. The average molecular weight is 429 g/mol. The number of benzene rings is 2. The van der Waals surface area contributed by atoms with Crippen LogP contribution in [0.2, 0.25) is 0 Å². The summed E-state index contributed by atoms with van der Waals surface area (Å²) < 4.78 is 14.5. The fourth-order valence-electron chi connectivity index (χ4n) is 3.72. The van der Waals surface area contributed by atoms with E-state index in [0.29, 0.717) is 17.1 Å². The van der Waals surface area contributed by atoms with Crippen molar-refractivity contribution in [2.75, 3.05) is 16.0 Å². The van der Waals surface area contributed by atoms with Gasteiger partial charge in [-0.1, -0.05) is 44.9 Å². The number of anilines is 2. The lowest BCUT2D eigenvalue weighted by molar-refractivity contribution is -0.120. The molecule has 0 aromatic heterocycles. The first kappa shape index (κ1) is 22.3. The van der Waals surface area contributed by atoms with Crippen LogP contribution in [0, 0.1) is 18.7 Å². The Balaban J connectivity index is 1.83. The van der Waals surface area contributed by atoms with Gasteiger partial charge in [0.05, 0.1) is 11.4 Å². The highest BCUT2D eigenvalue weighted by molar-refractivity contribution is 8.00. The van der Waals surface area contributed by atoms with Crippen LogP contribution >= 0.6 is 11.8 Å². The maximum atomic E-state index is 14.5. The van der Waals surface area contributed by atoms with E-state index in [9.17, 15) is 14.0 Å². The van der Waals surface area contributed by atoms with E-state index >= 15 is 0 Å². The van der Waals surface area contributed by atoms with Crippen molar-refractivity contribution in [1.82, 2.24) is 0 Å². The maximum Gasteiger partial charge on any atom is 0.238 e. The molecule has 2 atom stereocenters. The number of nitrogens with zero attached hydrogens (tertiary/aromatic N) is 1. The normalized spacial score (nSPS) is 17.3. The highest BCUT2D eigenvalue weighted by Gasteiger charge is 2.35. The van der Waals surface area contributed by atoms with E-state index in [2.05, 4.69) is 12.2 Å². The Hall–Kier alpha value is -2.34. The molecule has 1 aliphatic rings. The van der Waals surface area contributed by atoms with Crippen LogP contribution in [0.3, 0.4) is 0 Å². The minimum atomic E-state index is -0.410. The zero-order chi connectivity index (χ0) is 21.7. The molecule has 1 N–H and O–H groups in total. The zero-order valence-corrected chi connectivity index (χ0v) is 18.6. The van der Waals surface area contributed by atoms with E-state index in [-0.39, 0.29) is 23.1 Å². The molecule has 6 heteroatoms. The summed E-state index contributed by atoms with van der Waals surface area (Å²) in [5, 5.41) is 2.70. The monoisotopic (exact) mass is 428 g/mol. The molecule has 3 rings (SSSR count). The Morgan fingerprint density at radius 1 is 1.27 bits per heavy atom. The standard InChI is InChI=1S/C24H29FN2O2S/c1-4-6-8-17(5-2)23(29)26-19-10-7-9-18(14-19)24-27(22(28)15-30-24)21-13-16(3)11-12-20(21)25/h7,9-14,17,24H,4-6,8,15H2,1-3H3,(H,26,29). The van der Waals surface area contributed by atoms with Crippen molar-refractivity contribution in [3.63, 3.8) is 0 Å². The largest absolute Gasteiger partial charge is 0.326 e. The van der Waals surface area contributed by atoms with Crippen molar-refractivity contribution in [1.29, 1.82) is 0 Å². The second-order valence-electron chi connectivity index (χ2n) is 7.74. The van der Waals surface area contributed by atoms with E-state index < -0.39 is 5.82 Å². The van der Waals surface area contributed by atoms with Crippen molar-refractivity contribution < 1.29 is 14.0 Å². The van der Waals surface area contributed by atoms with E-state index in [0.717, 1.165) is 36.8 Å². The first-order chi connectivity index (χ1) is 14.4. The Kier molecular flexibility index (Phi) is 7.53. The van der Waals surface area contributed by atoms with Gasteiger partial charge in [0.15, 0.2) is 0 Å². The molecule has 0 spiro atoms. The van der Waals surface area contributed by atoms with Crippen molar-refractivity contribution in [3.05, 3.63) is 59.4 Å².